The molecule has 2 aliphatic carbocycles. The van der Waals surface area contributed by atoms with Crippen molar-refractivity contribution >= 4 is 11.4 Å². The molecule has 1 nitrogen and oxygen atoms in total. The lowest BCUT2D eigenvalue weighted by molar-refractivity contribution is 0.867. The van der Waals surface area contributed by atoms with Gasteiger partial charge < -0.3 is 0 Å². The molecule has 0 saturated carbocycles. The van der Waals surface area contributed by atoms with Gasteiger partial charge in [-0.1, -0.05) is 80.6 Å². The van der Waals surface area contributed by atoms with E-state index in [9.17, 15) is 0 Å². The first-order valence-corrected chi connectivity index (χ1v) is 10.7. The zero-order valence-electron chi connectivity index (χ0n) is 17.3. The third-order valence-corrected chi connectivity index (χ3v) is 6.46. The molecule has 0 aromatic heterocycles. The summed E-state index contributed by atoms with van der Waals surface area (Å²) in [5.41, 5.74) is 14.1. The Morgan fingerprint density at radius 1 is 0.600 bits per heavy atom. The standard InChI is InChI=1S/C29H23N/c1-18(2)19-11-13-26-25-9-5-6-10-27(25)29(28(26)17-19)30-22-12-14-24-21(16-22)15-20-7-3-4-8-23(20)24/h3-14,16-18H,15H2,1-2H3. The van der Waals surface area contributed by atoms with Gasteiger partial charge in [-0.15, -0.1) is 0 Å². The Balaban J connectivity index is 1.50. The van der Waals surface area contributed by atoms with E-state index in [1.165, 1.54) is 50.1 Å². The van der Waals surface area contributed by atoms with Gasteiger partial charge in [0.2, 0.25) is 0 Å². The van der Waals surface area contributed by atoms with Crippen LogP contribution in [0.25, 0.3) is 22.3 Å². The van der Waals surface area contributed by atoms with Gasteiger partial charge in [-0.25, -0.2) is 4.99 Å². The van der Waals surface area contributed by atoms with Crippen molar-refractivity contribution in [2.45, 2.75) is 26.2 Å². The fourth-order valence-corrected chi connectivity index (χ4v) is 4.87. The summed E-state index contributed by atoms with van der Waals surface area (Å²) in [4.78, 5) is 5.20. The SMILES string of the molecule is CC(C)c1ccc2c(c1)C(=Nc1ccc3c(c1)Cc1ccccc1-3)c1ccccc1-2. The van der Waals surface area contributed by atoms with Crippen molar-refractivity contribution in [1.82, 2.24) is 0 Å². The highest BCUT2D eigenvalue weighted by Gasteiger charge is 2.25. The number of fused-ring (bicyclic) bond motifs is 6. The number of aliphatic imine (C=N–C) groups is 1. The van der Waals surface area contributed by atoms with Gasteiger partial charge in [0.1, 0.15) is 0 Å². The van der Waals surface area contributed by atoms with Gasteiger partial charge in [-0.3, -0.25) is 0 Å². The Labute approximate surface area is 177 Å². The third kappa shape index (κ3) is 2.59. The van der Waals surface area contributed by atoms with Crippen LogP contribution in [0, 0.1) is 0 Å². The molecule has 0 heterocycles. The number of hydrogen-bond donors (Lipinski definition) is 0. The molecule has 0 aliphatic heterocycles. The van der Waals surface area contributed by atoms with Crippen LogP contribution in [0.3, 0.4) is 0 Å². The fraction of sp³-hybridized carbons (Fsp3) is 0.138. The molecule has 0 radical (unpaired) electrons. The Hall–Kier alpha value is -3.45. The number of hydrogen-bond acceptors (Lipinski definition) is 1. The van der Waals surface area contributed by atoms with Crippen molar-refractivity contribution in [3.05, 3.63) is 113 Å². The molecule has 0 spiro atoms. The highest BCUT2D eigenvalue weighted by atomic mass is 14.8. The van der Waals surface area contributed by atoms with E-state index >= 15 is 0 Å². The second-order valence-electron chi connectivity index (χ2n) is 8.64. The molecule has 6 rings (SSSR count). The first-order valence-electron chi connectivity index (χ1n) is 10.7. The summed E-state index contributed by atoms with van der Waals surface area (Å²) >= 11 is 0. The van der Waals surface area contributed by atoms with Crippen LogP contribution in [0.1, 0.15) is 47.6 Å². The van der Waals surface area contributed by atoms with Gasteiger partial charge in [0.15, 0.2) is 0 Å². The van der Waals surface area contributed by atoms with Crippen LogP contribution in [-0.4, -0.2) is 5.71 Å². The van der Waals surface area contributed by atoms with Gasteiger partial charge >= 0.3 is 0 Å². The summed E-state index contributed by atoms with van der Waals surface area (Å²) in [7, 11) is 0. The van der Waals surface area contributed by atoms with E-state index < -0.39 is 0 Å². The van der Waals surface area contributed by atoms with Gasteiger partial charge in [-0.2, -0.15) is 0 Å². The zero-order chi connectivity index (χ0) is 20.2. The maximum atomic E-state index is 5.20. The average Bonchev–Trinajstić information content (AvgIpc) is 3.29. The quantitative estimate of drug-likeness (QED) is 0.292. The fourth-order valence-electron chi connectivity index (χ4n) is 4.87. The lowest BCUT2D eigenvalue weighted by Gasteiger charge is -2.09. The van der Waals surface area contributed by atoms with Crippen LogP contribution in [-0.2, 0) is 6.42 Å². The van der Waals surface area contributed by atoms with Gasteiger partial charge in [0.05, 0.1) is 11.4 Å². The summed E-state index contributed by atoms with van der Waals surface area (Å²) in [6.45, 7) is 4.50. The molecule has 144 valence electrons. The molecule has 0 saturated heterocycles. The molecule has 0 bridgehead atoms. The van der Waals surface area contributed by atoms with Crippen molar-refractivity contribution in [2.24, 2.45) is 4.99 Å². The maximum absolute atomic E-state index is 5.20. The van der Waals surface area contributed by atoms with Gasteiger partial charge in [0.25, 0.3) is 0 Å². The second-order valence-corrected chi connectivity index (χ2v) is 8.64. The molecule has 0 fully saturated rings. The summed E-state index contributed by atoms with van der Waals surface area (Å²) in [5, 5.41) is 0. The monoisotopic (exact) mass is 385 g/mol. The van der Waals surface area contributed by atoms with E-state index in [1.807, 2.05) is 0 Å². The Bertz CT molecular complexity index is 1340. The lowest BCUT2D eigenvalue weighted by atomic mass is 9.97. The van der Waals surface area contributed by atoms with Crippen molar-refractivity contribution in [1.29, 1.82) is 0 Å². The Kier molecular flexibility index (Phi) is 3.79. The van der Waals surface area contributed by atoms with E-state index in [0.29, 0.717) is 5.92 Å². The third-order valence-electron chi connectivity index (χ3n) is 6.46. The molecule has 0 unspecified atom stereocenters. The van der Waals surface area contributed by atoms with Crippen LogP contribution in [0.5, 0.6) is 0 Å². The lowest BCUT2D eigenvalue weighted by Crippen LogP contribution is -1.99. The molecule has 0 N–H and O–H groups in total. The van der Waals surface area contributed by atoms with E-state index in [0.717, 1.165) is 17.8 Å². The van der Waals surface area contributed by atoms with E-state index in [2.05, 4.69) is 98.8 Å². The van der Waals surface area contributed by atoms with Crippen LogP contribution < -0.4 is 0 Å². The first-order chi connectivity index (χ1) is 14.7. The molecule has 4 aromatic rings. The minimum absolute atomic E-state index is 0.499. The average molecular weight is 386 g/mol. The zero-order valence-corrected chi connectivity index (χ0v) is 17.3. The van der Waals surface area contributed by atoms with Crippen LogP contribution >= 0.6 is 0 Å². The smallest absolute Gasteiger partial charge is 0.0794 e. The number of rotatable bonds is 2. The highest BCUT2D eigenvalue weighted by Crippen LogP contribution is 2.41. The molecule has 1 heteroatoms. The Morgan fingerprint density at radius 3 is 2.10 bits per heavy atom. The summed E-state index contributed by atoms with van der Waals surface area (Å²) in [5.74, 6) is 0.499. The van der Waals surface area contributed by atoms with E-state index in [-0.39, 0.29) is 0 Å². The first kappa shape index (κ1) is 17.4. The van der Waals surface area contributed by atoms with Crippen molar-refractivity contribution in [3.63, 3.8) is 0 Å². The topological polar surface area (TPSA) is 12.4 Å². The maximum Gasteiger partial charge on any atom is 0.0794 e. The van der Waals surface area contributed by atoms with E-state index in [1.54, 1.807) is 0 Å². The van der Waals surface area contributed by atoms with E-state index in [4.69, 9.17) is 4.99 Å². The van der Waals surface area contributed by atoms with Crippen LogP contribution in [0.2, 0.25) is 0 Å². The predicted octanol–water partition coefficient (Wildman–Crippen LogP) is 7.53. The molecular formula is C29H23N. The van der Waals surface area contributed by atoms with Gasteiger partial charge in [-0.05, 0) is 69.5 Å². The minimum Gasteiger partial charge on any atom is -0.248 e. The molecule has 2 aliphatic rings. The number of benzene rings is 4. The summed E-state index contributed by atoms with van der Waals surface area (Å²) in [6.07, 6.45) is 0.995. The molecular weight excluding hydrogens is 362 g/mol. The molecule has 0 atom stereocenters. The van der Waals surface area contributed by atoms with Gasteiger partial charge in [0, 0.05) is 11.1 Å². The second kappa shape index (κ2) is 6.53. The minimum atomic E-state index is 0.499. The van der Waals surface area contributed by atoms with Crippen LogP contribution in [0.15, 0.2) is 89.9 Å². The number of nitrogens with zero attached hydrogens (tertiary/aromatic N) is 1. The van der Waals surface area contributed by atoms with Crippen molar-refractivity contribution in [2.75, 3.05) is 0 Å². The largest absolute Gasteiger partial charge is 0.248 e. The molecule has 0 amide bonds. The molecule has 4 aromatic carbocycles. The summed E-state index contributed by atoms with van der Waals surface area (Å²) in [6, 6.07) is 30.9. The summed E-state index contributed by atoms with van der Waals surface area (Å²) < 4.78 is 0. The van der Waals surface area contributed by atoms with Crippen molar-refractivity contribution in [3.8, 4) is 22.3 Å². The normalized spacial score (nSPS) is 14.6. The molecule has 30 heavy (non-hydrogen) atoms. The van der Waals surface area contributed by atoms with Crippen molar-refractivity contribution < 1.29 is 0 Å². The predicted molar refractivity (Wildman–Crippen MR) is 126 cm³/mol. The van der Waals surface area contributed by atoms with Crippen LogP contribution in [0.4, 0.5) is 5.69 Å². The highest BCUT2D eigenvalue weighted by molar-refractivity contribution is 6.25. The Morgan fingerprint density at radius 2 is 1.27 bits per heavy atom.